The third kappa shape index (κ3) is 5.94. The van der Waals surface area contributed by atoms with Crippen LogP contribution < -0.4 is 15.4 Å². The molecule has 2 N–H and O–H groups in total. The summed E-state index contributed by atoms with van der Waals surface area (Å²) < 4.78 is 6.05. The first kappa shape index (κ1) is 22.5. The average Bonchev–Trinajstić information content (AvgIpc) is 2.80. The summed E-state index contributed by atoms with van der Waals surface area (Å²) in [5.41, 5.74) is 3.64. The van der Waals surface area contributed by atoms with E-state index in [1.807, 2.05) is 18.2 Å². The highest BCUT2D eigenvalue weighted by molar-refractivity contribution is 5.99. The lowest BCUT2D eigenvalue weighted by atomic mass is 9.86. The molecule has 0 saturated heterocycles. The summed E-state index contributed by atoms with van der Waals surface area (Å²) in [5, 5.41) is 5.86. The number of Topliss-reactive ketones (excluding diaryl/α,β-unsaturated/α-hetero) is 1. The van der Waals surface area contributed by atoms with Crippen LogP contribution in [0, 0.1) is 0 Å². The maximum Gasteiger partial charge on any atom is 0.252 e. The average molecular weight is 422 g/mol. The summed E-state index contributed by atoms with van der Waals surface area (Å²) in [7, 11) is 1.79. The highest BCUT2D eigenvalue weighted by Gasteiger charge is 2.21. The lowest BCUT2D eigenvalue weighted by Crippen LogP contribution is -2.24. The van der Waals surface area contributed by atoms with Crippen LogP contribution in [0.15, 0.2) is 43.1 Å². The Balaban J connectivity index is 1.41. The van der Waals surface area contributed by atoms with E-state index in [9.17, 15) is 9.59 Å². The molecule has 1 aromatic carbocycles. The largest absolute Gasteiger partial charge is 0.493 e. The van der Waals surface area contributed by atoms with Crippen LogP contribution in [0.25, 0.3) is 0 Å². The topological polar surface area (TPSA) is 80.3 Å². The number of allylic oxidation sites excluding steroid dienone is 1. The minimum absolute atomic E-state index is 0.107. The smallest absolute Gasteiger partial charge is 0.252 e. The number of aromatic nitrogens is 1. The van der Waals surface area contributed by atoms with Crippen LogP contribution in [0.2, 0.25) is 0 Å². The van der Waals surface area contributed by atoms with Crippen LogP contribution in [0.4, 0.5) is 5.82 Å². The Morgan fingerprint density at radius 1 is 1.19 bits per heavy atom. The van der Waals surface area contributed by atoms with Gasteiger partial charge in [0.05, 0.1) is 12.2 Å². The van der Waals surface area contributed by atoms with Gasteiger partial charge in [0.25, 0.3) is 5.91 Å². The van der Waals surface area contributed by atoms with Crippen LogP contribution in [0.3, 0.4) is 0 Å². The summed E-state index contributed by atoms with van der Waals surface area (Å²) in [5.74, 6) is 1.72. The first-order chi connectivity index (χ1) is 15.1. The first-order valence-corrected chi connectivity index (χ1v) is 11.0. The van der Waals surface area contributed by atoms with Gasteiger partial charge in [-0.1, -0.05) is 6.08 Å². The fourth-order valence-electron chi connectivity index (χ4n) is 3.85. The van der Waals surface area contributed by atoms with Crippen molar-refractivity contribution in [1.82, 2.24) is 10.3 Å². The number of carbonyl (C=O) groups excluding carboxylic acids is 2. The fraction of sp³-hybridized carbons (Fsp3) is 0.400. The van der Waals surface area contributed by atoms with E-state index in [1.165, 1.54) is 0 Å². The molecule has 1 aliphatic carbocycles. The quantitative estimate of drug-likeness (QED) is 0.416. The van der Waals surface area contributed by atoms with Crippen molar-refractivity contribution < 1.29 is 14.3 Å². The molecular weight excluding hydrogens is 390 g/mol. The molecule has 0 spiro atoms. The van der Waals surface area contributed by atoms with Gasteiger partial charge in [0, 0.05) is 37.3 Å². The molecule has 164 valence electrons. The number of ketones is 1. The minimum atomic E-state index is -0.107. The molecule has 2 aromatic rings. The van der Waals surface area contributed by atoms with Crippen LogP contribution in [0.1, 0.15) is 63.9 Å². The number of benzene rings is 1. The van der Waals surface area contributed by atoms with Crippen molar-refractivity contribution >= 4 is 17.5 Å². The van der Waals surface area contributed by atoms with E-state index in [0.717, 1.165) is 60.4 Å². The van der Waals surface area contributed by atoms with Gasteiger partial charge in [-0.15, -0.1) is 6.58 Å². The molecule has 0 saturated carbocycles. The number of unbranched alkanes of at least 4 members (excludes halogenated alkanes) is 2. The first-order valence-electron chi connectivity index (χ1n) is 11.0. The van der Waals surface area contributed by atoms with Crippen molar-refractivity contribution in [1.29, 1.82) is 0 Å². The third-order valence-electron chi connectivity index (χ3n) is 5.51. The Hall–Kier alpha value is -3.15. The highest BCUT2D eigenvalue weighted by atomic mass is 16.5. The predicted octanol–water partition coefficient (Wildman–Crippen LogP) is 4.35. The number of nitrogens with zero attached hydrogens (tertiary/aromatic N) is 1. The summed E-state index contributed by atoms with van der Waals surface area (Å²) in [4.78, 5) is 28.5. The highest BCUT2D eigenvalue weighted by Crippen LogP contribution is 2.32. The summed E-state index contributed by atoms with van der Waals surface area (Å²) in [6.45, 7) is 5.09. The number of ether oxygens (including phenoxy) is 1. The number of carbonyl (C=O) groups is 2. The summed E-state index contributed by atoms with van der Waals surface area (Å²) in [6, 6.07) is 7.37. The maximum absolute atomic E-state index is 12.2. The van der Waals surface area contributed by atoms with Gasteiger partial charge in [-0.2, -0.15) is 0 Å². The molecular formula is C25H31N3O3. The Bertz CT molecular complexity index is 922. The zero-order valence-corrected chi connectivity index (χ0v) is 18.2. The van der Waals surface area contributed by atoms with E-state index in [0.29, 0.717) is 31.6 Å². The van der Waals surface area contributed by atoms with E-state index in [2.05, 4.69) is 22.2 Å². The third-order valence-corrected chi connectivity index (χ3v) is 5.51. The normalized spacial score (nSPS) is 12.7. The van der Waals surface area contributed by atoms with E-state index in [-0.39, 0.29) is 11.7 Å². The van der Waals surface area contributed by atoms with Crippen molar-refractivity contribution in [3.8, 4) is 5.75 Å². The molecule has 1 amide bonds. The van der Waals surface area contributed by atoms with Crippen LogP contribution >= 0.6 is 0 Å². The van der Waals surface area contributed by atoms with Crippen LogP contribution in [-0.2, 0) is 12.8 Å². The van der Waals surface area contributed by atoms with Crippen molar-refractivity contribution in [2.45, 2.75) is 44.9 Å². The molecule has 0 aliphatic heterocycles. The number of fused-ring (bicyclic) bond motifs is 1. The summed E-state index contributed by atoms with van der Waals surface area (Å²) in [6.07, 6.45) is 9.35. The number of amides is 1. The number of anilines is 1. The van der Waals surface area contributed by atoms with Gasteiger partial charge in [-0.05, 0) is 68.4 Å². The molecule has 3 rings (SSSR count). The molecule has 0 atom stereocenters. The van der Waals surface area contributed by atoms with Gasteiger partial charge in [-0.3, -0.25) is 9.59 Å². The van der Waals surface area contributed by atoms with Crippen molar-refractivity contribution in [2.75, 3.05) is 25.5 Å². The van der Waals surface area contributed by atoms with Gasteiger partial charge >= 0.3 is 0 Å². The standard InChI is InChI=1S/C25H31N3O3/c1-3-8-21-19-9-7-10-22(29)20(19)12-13-23(21)31-16-6-4-5-15-27-25(30)18-11-14-24(26-2)28-17-18/h3,11-14,17H,1,4-10,15-16H2,2H3,(H,26,28)(H,27,30). The molecule has 0 fully saturated rings. The SMILES string of the molecule is C=CCc1c(OCCCCCNC(=O)c2ccc(NC)nc2)ccc2c1CCCC2=O. The lowest BCUT2D eigenvalue weighted by molar-refractivity contribution is 0.0949. The Labute approximate surface area is 184 Å². The van der Waals surface area contributed by atoms with Gasteiger partial charge in [0.2, 0.25) is 0 Å². The molecule has 1 heterocycles. The van der Waals surface area contributed by atoms with Crippen LogP contribution in [-0.4, -0.2) is 36.9 Å². The number of pyridine rings is 1. The van der Waals surface area contributed by atoms with Gasteiger partial charge in [0.1, 0.15) is 11.6 Å². The monoisotopic (exact) mass is 421 g/mol. The molecule has 1 aliphatic rings. The number of rotatable bonds is 11. The van der Waals surface area contributed by atoms with E-state index in [4.69, 9.17) is 4.74 Å². The van der Waals surface area contributed by atoms with E-state index < -0.39 is 0 Å². The fourth-order valence-corrected chi connectivity index (χ4v) is 3.85. The Morgan fingerprint density at radius 2 is 2.06 bits per heavy atom. The molecule has 0 bridgehead atoms. The zero-order valence-electron chi connectivity index (χ0n) is 18.2. The van der Waals surface area contributed by atoms with Gasteiger partial charge in [0.15, 0.2) is 5.78 Å². The lowest BCUT2D eigenvalue weighted by Gasteiger charge is -2.21. The second-order valence-corrected chi connectivity index (χ2v) is 7.69. The molecule has 0 unspecified atom stereocenters. The van der Waals surface area contributed by atoms with Gasteiger partial charge in [-0.25, -0.2) is 4.98 Å². The second kappa shape index (κ2) is 11.3. The van der Waals surface area contributed by atoms with Crippen molar-refractivity contribution in [2.24, 2.45) is 0 Å². The molecule has 1 aromatic heterocycles. The van der Waals surface area contributed by atoms with E-state index in [1.54, 1.807) is 25.4 Å². The Kier molecular flexibility index (Phi) is 8.21. The van der Waals surface area contributed by atoms with E-state index >= 15 is 0 Å². The zero-order chi connectivity index (χ0) is 22.1. The van der Waals surface area contributed by atoms with Crippen molar-refractivity contribution in [3.05, 3.63) is 65.4 Å². The summed E-state index contributed by atoms with van der Waals surface area (Å²) >= 11 is 0. The number of hydrogen-bond acceptors (Lipinski definition) is 5. The molecule has 31 heavy (non-hydrogen) atoms. The Morgan fingerprint density at radius 3 is 2.81 bits per heavy atom. The van der Waals surface area contributed by atoms with Gasteiger partial charge < -0.3 is 15.4 Å². The number of hydrogen-bond donors (Lipinski definition) is 2. The minimum Gasteiger partial charge on any atom is -0.493 e. The maximum atomic E-state index is 12.2. The number of nitrogens with one attached hydrogen (secondary N) is 2. The predicted molar refractivity (Wildman–Crippen MR) is 123 cm³/mol. The second-order valence-electron chi connectivity index (χ2n) is 7.69. The van der Waals surface area contributed by atoms with Crippen molar-refractivity contribution in [3.63, 3.8) is 0 Å². The molecule has 6 heteroatoms. The molecule has 6 nitrogen and oxygen atoms in total. The molecule has 0 radical (unpaired) electrons. The van der Waals surface area contributed by atoms with Crippen LogP contribution in [0.5, 0.6) is 5.75 Å².